The highest BCUT2D eigenvalue weighted by molar-refractivity contribution is 5.22. The van der Waals surface area contributed by atoms with Gasteiger partial charge in [-0.1, -0.05) is 50.1 Å². The number of benzene rings is 1. The van der Waals surface area contributed by atoms with E-state index in [0.717, 1.165) is 29.7 Å². The van der Waals surface area contributed by atoms with Crippen molar-refractivity contribution in [1.82, 2.24) is 5.32 Å². The second kappa shape index (κ2) is 5.18. The van der Waals surface area contributed by atoms with E-state index >= 15 is 0 Å². The Labute approximate surface area is 123 Å². The fraction of sp³-hybridized carbons (Fsp3) is 0.684. The van der Waals surface area contributed by atoms with Crippen molar-refractivity contribution >= 4 is 0 Å². The normalized spacial score (nSPS) is 38.8. The molecule has 3 fully saturated rings. The van der Waals surface area contributed by atoms with Gasteiger partial charge in [-0.25, -0.2) is 0 Å². The van der Waals surface area contributed by atoms with E-state index in [4.69, 9.17) is 0 Å². The Morgan fingerprint density at radius 1 is 1.10 bits per heavy atom. The summed E-state index contributed by atoms with van der Waals surface area (Å²) in [5.41, 5.74) is 1.50. The molecule has 4 rings (SSSR count). The molecule has 0 amide bonds. The van der Waals surface area contributed by atoms with Gasteiger partial charge in [0.05, 0.1) is 0 Å². The Balaban J connectivity index is 1.44. The summed E-state index contributed by atoms with van der Waals surface area (Å²) in [6.45, 7) is 2.30. The van der Waals surface area contributed by atoms with Crippen LogP contribution in [0, 0.1) is 23.7 Å². The van der Waals surface area contributed by atoms with Crippen molar-refractivity contribution < 1.29 is 0 Å². The molecule has 108 valence electrons. The first-order chi connectivity index (χ1) is 9.88. The molecule has 5 unspecified atom stereocenters. The number of unbranched alkanes of at least 4 members (excludes halogenated alkanes) is 1. The molecule has 1 heteroatoms. The smallest absolute Gasteiger partial charge is 0.0322 e. The Morgan fingerprint density at radius 3 is 2.45 bits per heavy atom. The van der Waals surface area contributed by atoms with Crippen LogP contribution < -0.4 is 5.32 Å². The van der Waals surface area contributed by atoms with Crippen LogP contribution in [-0.2, 0) is 0 Å². The van der Waals surface area contributed by atoms with Gasteiger partial charge in [0.2, 0.25) is 0 Å². The molecule has 3 aliphatic rings. The average molecular weight is 269 g/mol. The van der Waals surface area contributed by atoms with E-state index in [9.17, 15) is 0 Å². The number of nitrogens with one attached hydrogen (secondary N) is 1. The fourth-order valence-corrected chi connectivity index (χ4v) is 5.22. The van der Waals surface area contributed by atoms with Crippen LogP contribution in [0.25, 0.3) is 0 Å². The van der Waals surface area contributed by atoms with Gasteiger partial charge in [-0.15, -0.1) is 0 Å². The number of hydrogen-bond acceptors (Lipinski definition) is 1. The van der Waals surface area contributed by atoms with Crippen LogP contribution in [0.4, 0.5) is 0 Å². The Hall–Kier alpha value is -0.820. The first-order valence-electron chi connectivity index (χ1n) is 8.69. The Morgan fingerprint density at radius 2 is 1.80 bits per heavy atom. The van der Waals surface area contributed by atoms with Crippen LogP contribution in [0.15, 0.2) is 30.3 Å². The van der Waals surface area contributed by atoms with Gasteiger partial charge < -0.3 is 5.32 Å². The van der Waals surface area contributed by atoms with Crippen LogP contribution in [0.3, 0.4) is 0 Å². The van der Waals surface area contributed by atoms with Crippen molar-refractivity contribution in [3.05, 3.63) is 35.9 Å². The predicted octanol–water partition coefficient (Wildman–Crippen LogP) is 4.55. The van der Waals surface area contributed by atoms with Crippen LogP contribution in [0.5, 0.6) is 0 Å². The lowest BCUT2D eigenvalue weighted by Gasteiger charge is -2.21. The highest BCUT2D eigenvalue weighted by atomic mass is 15.0. The summed E-state index contributed by atoms with van der Waals surface area (Å²) in [6.07, 6.45) is 8.53. The average Bonchev–Trinajstić information content (AvgIpc) is 2.87. The summed E-state index contributed by atoms with van der Waals surface area (Å²) in [4.78, 5) is 0. The van der Waals surface area contributed by atoms with Gasteiger partial charge in [-0.2, -0.15) is 0 Å². The molecule has 5 atom stereocenters. The summed E-state index contributed by atoms with van der Waals surface area (Å²) >= 11 is 0. The van der Waals surface area contributed by atoms with Crippen molar-refractivity contribution in [1.29, 1.82) is 0 Å². The summed E-state index contributed by atoms with van der Waals surface area (Å²) in [7, 11) is 0. The number of rotatable bonds is 6. The molecule has 0 saturated heterocycles. The SMILES string of the molecule is CCCCC(NC1C2C3CCC(C3)C12)c1ccccc1. The molecule has 0 radical (unpaired) electrons. The summed E-state index contributed by atoms with van der Waals surface area (Å²) in [5.74, 6) is 4.23. The lowest BCUT2D eigenvalue weighted by atomic mass is 9.99. The quantitative estimate of drug-likeness (QED) is 0.798. The van der Waals surface area contributed by atoms with Gasteiger partial charge in [0, 0.05) is 12.1 Å². The van der Waals surface area contributed by atoms with Gasteiger partial charge in [-0.05, 0) is 54.9 Å². The van der Waals surface area contributed by atoms with Crippen LogP contribution in [-0.4, -0.2) is 6.04 Å². The lowest BCUT2D eigenvalue weighted by Crippen LogP contribution is -2.28. The minimum Gasteiger partial charge on any atom is -0.307 e. The van der Waals surface area contributed by atoms with E-state index in [2.05, 4.69) is 42.6 Å². The van der Waals surface area contributed by atoms with E-state index in [0.29, 0.717) is 6.04 Å². The molecule has 2 bridgehead atoms. The zero-order chi connectivity index (χ0) is 13.5. The maximum absolute atomic E-state index is 4.04. The molecule has 1 aromatic rings. The Bertz CT molecular complexity index is 438. The maximum Gasteiger partial charge on any atom is 0.0322 e. The highest BCUT2D eigenvalue weighted by Gasteiger charge is 2.64. The summed E-state index contributed by atoms with van der Waals surface area (Å²) in [6, 6.07) is 12.6. The van der Waals surface area contributed by atoms with Crippen molar-refractivity contribution in [2.45, 2.75) is 57.5 Å². The van der Waals surface area contributed by atoms with Gasteiger partial charge >= 0.3 is 0 Å². The van der Waals surface area contributed by atoms with Crippen LogP contribution in [0.2, 0.25) is 0 Å². The van der Waals surface area contributed by atoms with Gasteiger partial charge in [0.1, 0.15) is 0 Å². The van der Waals surface area contributed by atoms with Crippen LogP contribution >= 0.6 is 0 Å². The number of hydrogen-bond donors (Lipinski definition) is 1. The van der Waals surface area contributed by atoms with E-state index in [1.165, 1.54) is 37.7 Å². The summed E-state index contributed by atoms with van der Waals surface area (Å²) in [5, 5.41) is 4.04. The van der Waals surface area contributed by atoms with Crippen molar-refractivity contribution in [3.63, 3.8) is 0 Å². The van der Waals surface area contributed by atoms with Crippen molar-refractivity contribution in [2.75, 3.05) is 0 Å². The number of fused-ring (bicyclic) bond motifs is 5. The van der Waals surface area contributed by atoms with E-state index in [-0.39, 0.29) is 0 Å². The standard InChI is InChI=1S/C19H27N/c1-2-3-9-16(13-7-5-4-6-8-13)20-19-17-14-10-11-15(12-14)18(17)19/h4-8,14-20H,2-3,9-12H2,1H3. The minimum absolute atomic E-state index is 0.589. The second-order valence-corrected chi connectivity index (χ2v) is 7.29. The Kier molecular flexibility index (Phi) is 3.34. The van der Waals surface area contributed by atoms with Crippen molar-refractivity contribution in [2.24, 2.45) is 23.7 Å². The molecule has 3 aliphatic carbocycles. The first kappa shape index (κ1) is 12.9. The zero-order valence-corrected chi connectivity index (χ0v) is 12.6. The zero-order valence-electron chi connectivity index (χ0n) is 12.6. The van der Waals surface area contributed by atoms with Crippen LogP contribution in [0.1, 0.15) is 57.1 Å². The van der Waals surface area contributed by atoms with E-state index in [1.54, 1.807) is 6.42 Å². The third-order valence-corrected chi connectivity index (χ3v) is 6.18. The fourth-order valence-electron chi connectivity index (χ4n) is 5.22. The molecule has 0 aromatic heterocycles. The van der Waals surface area contributed by atoms with Gasteiger partial charge in [-0.3, -0.25) is 0 Å². The molecular weight excluding hydrogens is 242 g/mol. The molecule has 3 saturated carbocycles. The third kappa shape index (κ3) is 2.11. The maximum atomic E-state index is 4.04. The highest BCUT2D eigenvalue weighted by Crippen LogP contribution is 2.66. The predicted molar refractivity (Wildman–Crippen MR) is 83.4 cm³/mol. The molecule has 20 heavy (non-hydrogen) atoms. The molecule has 1 N–H and O–H groups in total. The van der Waals surface area contributed by atoms with Crippen molar-refractivity contribution in [3.8, 4) is 0 Å². The van der Waals surface area contributed by atoms with E-state index in [1.807, 2.05) is 0 Å². The largest absolute Gasteiger partial charge is 0.307 e. The lowest BCUT2D eigenvalue weighted by molar-refractivity contribution is 0.402. The molecule has 1 aromatic carbocycles. The molecular formula is C19H27N. The topological polar surface area (TPSA) is 12.0 Å². The monoisotopic (exact) mass is 269 g/mol. The molecule has 0 aliphatic heterocycles. The third-order valence-electron chi connectivity index (χ3n) is 6.18. The molecule has 1 nitrogen and oxygen atoms in total. The first-order valence-corrected chi connectivity index (χ1v) is 8.69. The van der Waals surface area contributed by atoms with Gasteiger partial charge in [0.15, 0.2) is 0 Å². The molecule has 0 heterocycles. The minimum atomic E-state index is 0.589. The van der Waals surface area contributed by atoms with Gasteiger partial charge in [0.25, 0.3) is 0 Å². The molecule has 0 spiro atoms. The second-order valence-electron chi connectivity index (χ2n) is 7.29. The summed E-state index contributed by atoms with van der Waals surface area (Å²) < 4.78 is 0. The van der Waals surface area contributed by atoms with E-state index < -0.39 is 0 Å².